The molecule has 0 aromatic rings. The van der Waals surface area contributed by atoms with Crippen molar-refractivity contribution in [2.75, 3.05) is 13.2 Å². The lowest BCUT2D eigenvalue weighted by Crippen LogP contribution is -2.67. The number of ether oxygens (including phenoxy) is 6. The van der Waals surface area contributed by atoms with Crippen LogP contribution in [0.3, 0.4) is 0 Å². The number of aliphatic hydroxyl groups excluding tert-OH is 8. The molecule has 63 heavy (non-hydrogen) atoms. The summed E-state index contributed by atoms with van der Waals surface area (Å²) in [6, 6.07) is 0. The van der Waals surface area contributed by atoms with Gasteiger partial charge in [-0.05, 0) is 129 Å². The standard InChI is InChI=1S/C47H76O16/c1-21(2)23-11-16-47(42(56)57)18-17-45(7)24(30(23)47)9-10-28-44(6)14-13-29(43(4,5)27(44)12-15-46(28,45)8)61-41-38(32(51)25(49)20-58-41)63-40-36(55)37(31(50)22(3)59-40)62-39-35(54)34(53)33(52)26(19-48)60-39/h22-41,48-55H,1,9-20H2,2-8H3,(H,56,57). The van der Waals surface area contributed by atoms with Gasteiger partial charge in [-0.15, -0.1) is 0 Å². The zero-order valence-corrected chi connectivity index (χ0v) is 38.1. The van der Waals surface area contributed by atoms with E-state index < -0.39 is 104 Å². The lowest BCUT2D eigenvalue weighted by Gasteiger charge is -2.73. The van der Waals surface area contributed by atoms with Crippen molar-refractivity contribution in [2.45, 2.75) is 205 Å². The Hall–Kier alpha value is -1.35. The van der Waals surface area contributed by atoms with E-state index in [-0.39, 0.29) is 52.1 Å². The molecule has 0 spiro atoms. The molecular weight excluding hydrogens is 821 g/mol. The molecule has 9 N–H and O–H groups in total. The topological polar surface area (TPSA) is 255 Å². The largest absolute Gasteiger partial charge is 0.481 e. The Morgan fingerprint density at radius 3 is 2.03 bits per heavy atom. The van der Waals surface area contributed by atoms with Crippen LogP contribution in [0.5, 0.6) is 0 Å². The Morgan fingerprint density at radius 2 is 1.37 bits per heavy atom. The second kappa shape index (κ2) is 17.0. The van der Waals surface area contributed by atoms with Crippen molar-refractivity contribution in [2.24, 2.45) is 56.7 Å². The fourth-order valence-corrected chi connectivity index (χ4v) is 15.7. The average Bonchev–Trinajstić information content (AvgIpc) is 3.64. The predicted molar refractivity (Wildman–Crippen MR) is 223 cm³/mol. The van der Waals surface area contributed by atoms with Crippen molar-refractivity contribution >= 4 is 5.97 Å². The van der Waals surface area contributed by atoms with Gasteiger partial charge >= 0.3 is 5.97 Å². The molecule has 0 aromatic carbocycles. The summed E-state index contributed by atoms with van der Waals surface area (Å²) >= 11 is 0. The van der Waals surface area contributed by atoms with Gasteiger partial charge in [-0.3, -0.25) is 4.79 Å². The minimum Gasteiger partial charge on any atom is -0.481 e. The molecule has 3 aliphatic heterocycles. The van der Waals surface area contributed by atoms with Gasteiger partial charge in [0.15, 0.2) is 18.9 Å². The first kappa shape index (κ1) is 48.1. The molecular formula is C47H76O16. The molecule has 0 radical (unpaired) electrons. The van der Waals surface area contributed by atoms with E-state index in [0.29, 0.717) is 24.7 Å². The molecule has 16 heteroatoms. The molecule has 3 saturated heterocycles. The van der Waals surface area contributed by atoms with Crippen LogP contribution < -0.4 is 0 Å². The van der Waals surface area contributed by atoms with Gasteiger partial charge in [0.2, 0.25) is 0 Å². The second-order valence-corrected chi connectivity index (χ2v) is 22.5. The maximum absolute atomic E-state index is 13.1. The highest BCUT2D eigenvalue weighted by Gasteiger charge is 2.72. The number of rotatable bonds is 9. The molecule has 5 aliphatic carbocycles. The van der Waals surface area contributed by atoms with Crippen molar-refractivity contribution < 1.29 is 79.2 Å². The fraction of sp³-hybridized carbons (Fsp3) is 0.936. The first-order valence-electron chi connectivity index (χ1n) is 23.6. The van der Waals surface area contributed by atoms with Crippen molar-refractivity contribution in [1.29, 1.82) is 0 Å². The van der Waals surface area contributed by atoms with E-state index in [0.717, 1.165) is 56.9 Å². The number of allylic oxidation sites excluding steroid dienone is 1. The van der Waals surface area contributed by atoms with Crippen LogP contribution in [-0.2, 0) is 33.2 Å². The highest BCUT2D eigenvalue weighted by atomic mass is 16.8. The first-order valence-corrected chi connectivity index (χ1v) is 23.6. The van der Waals surface area contributed by atoms with E-state index in [2.05, 4.69) is 48.1 Å². The Labute approximate surface area is 371 Å². The van der Waals surface area contributed by atoms with Crippen LogP contribution in [0, 0.1) is 56.7 Å². The average molecular weight is 897 g/mol. The molecule has 0 amide bonds. The highest BCUT2D eigenvalue weighted by Crippen LogP contribution is 2.77. The summed E-state index contributed by atoms with van der Waals surface area (Å²) in [5, 5.41) is 96.4. The summed E-state index contributed by atoms with van der Waals surface area (Å²) < 4.78 is 36.3. The van der Waals surface area contributed by atoms with Crippen molar-refractivity contribution in [3.8, 4) is 0 Å². The Bertz CT molecular complexity index is 1700. The molecule has 0 bridgehead atoms. The normalized spacial score (nSPS) is 55.5. The lowest BCUT2D eigenvalue weighted by atomic mass is 9.32. The van der Waals surface area contributed by atoms with Gasteiger partial charge in [-0.1, -0.05) is 46.8 Å². The van der Waals surface area contributed by atoms with E-state index in [1.54, 1.807) is 0 Å². The highest BCUT2D eigenvalue weighted by molar-refractivity contribution is 5.76. The molecule has 0 aromatic heterocycles. The summed E-state index contributed by atoms with van der Waals surface area (Å²) in [6.07, 6.45) is -12.4. The number of hydrogen-bond donors (Lipinski definition) is 9. The molecule has 360 valence electrons. The van der Waals surface area contributed by atoms with E-state index >= 15 is 0 Å². The Balaban J connectivity index is 0.989. The zero-order valence-electron chi connectivity index (χ0n) is 38.1. The van der Waals surface area contributed by atoms with Gasteiger partial charge in [0.25, 0.3) is 0 Å². The van der Waals surface area contributed by atoms with Crippen LogP contribution >= 0.6 is 0 Å². The third-order valence-corrected chi connectivity index (χ3v) is 19.4. The minimum absolute atomic E-state index is 0.0133. The number of carboxylic acid groups (broad SMARTS) is 1. The van der Waals surface area contributed by atoms with Crippen LogP contribution in [0.4, 0.5) is 0 Å². The fourth-order valence-electron chi connectivity index (χ4n) is 15.7. The van der Waals surface area contributed by atoms with Crippen LogP contribution in [0.25, 0.3) is 0 Å². The van der Waals surface area contributed by atoms with Crippen molar-refractivity contribution in [3.05, 3.63) is 12.2 Å². The van der Waals surface area contributed by atoms with Crippen molar-refractivity contribution in [3.63, 3.8) is 0 Å². The van der Waals surface area contributed by atoms with Gasteiger partial charge in [0, 0.05) is 0 Å². The molecule has 3 heterocycles. The second-order valence-electron chi connectivity index (χ2n) is 22.5. The number of carboxylic acids is 1. The molecule has 16 nitrogen and oxygen atoms in total. The number of fused-ring (bicyclic) bond motifs is 7. The quantitative estimate of drug-likeness (QED) is 0.119. The Morgan fingerprint density at radius 1 is 0.683 bits per heavy atom. The van der Waals surface area contributed by atoms with Crippen LogP contribution in [0.1, 0.15) is 113 Å². The van der Waals surface area contributed by atoms with Gasteiger partial charge in [-0.25, -0.2) is 0 Å². The molecule has 24 atom stereocenters. The van der Waals surface area contributed by atoms with Gasteiger partial charge in [0.1, 0.15) is 61.0 Å². The molecule has 24 unspecified atom stereocenters. The van der Waals surface area contributed by atoms with Crippen LogP contribution in [-0.4, -0.2) is 157 Å². The predicted octanol–water partition coefficient (Wildman–Crippen LogP) is 2.23. The summed E-state index contributed by atoms with van der Waals surface area (Å²) in [6.45, 7) is 19.0. The summed E-state index contributed by atoms with van der Waals surface area (Å²) in [4.78, 5) is 13.1. The number of carbonyl (C=O) groups is 1. The van der Waals surface area contributed by atoms with E-state index in [1.165, 1.54) is 6.92 Å². The monoisotopic (exact) mass is 897 g/mol. The summed E-state index contributed by atoms with van der Waals surface area (Å²) in [7, 11) is 0. The van der Waals surface area contributed by atoms with E-state index in [1.807, 2.05) is 0 Å². The minimum atomic E-state index is -1.80. The van der Waals surface area contributed by atoms with Gasteiger partial charge in [0.05, 0.1) is 30.8 Å². The molecule has 5 saturated carbocycles. The maximum Gasteiger partial charge on any atom is 0.309 e. The van der Waals surface area contributed by atoms with E-state index in [9.17, 15) is 50.8 Å². The first-order chi connectivity index (χ1) is 29.5. The number of aliphatic hydroxyl groups is 8. The van der Waals surface area contributed by atoms with Gasteiger partial charge < -0.3 is 74.4 Å². The molecule has 8 rings (SSSR count). The molecule has 8 aliphatic rings. The number of hydrogen-bond acceptors (Lipinski definition) is 15. The lowest BCUT2D eigenvalue weighted by molar-refractivity contribution is -0.382. The van der Waals surface area contributed by atoms with E-state index in [4.69, 9.17) is 28.4 Å². The zero-order chi connectivity index (χ0) is 45.9. The number of aliphatic carboxylic acids is 1. The van der Waals surface area contributed by atoms with Crippen molar-refractivity contribution in [1.82, 2.24) is 0 Å². The third kappa shape index (κ3) is 7.33. The summed E-state index contributed by atoms with van der Waals surface area (Å²) in [5.41, 5.74) is 0.0466. The van der Waals surface area contributed by atoms with Crippen LogP contribution in [0.15, 0.2) is 12.2 Å². The summed E-state index contributed by atoms with van der Waals surface area (Å²) in [5.74, 6) is 0.709. The molecule has 8 fully saturated rings. The Kier molecular flexibility index (Phi) is 13.0. The maximum atomic E-state index is 13.1. The smallest absolute Gasteiger partial charge is 0.309 e. The third-order valence-electron chi connectivity index (χ3n) is 19.4. The SMILES string of the molecule is C=C(C)C1CCC2(C(=O)O)CCC3(C)C(CCC4C5(C)CCC(OC6OCC(O)C(O)C6OC6OC(C)C(O)C(OC7OC(CO)C(O)C(O)C7O)C6O)C(C)(C)C5CCC43C)C12. The van der Waals surface area contributed by atoms with Gasteiger partial charge in [-0.2, -0.15) is 0 Å². The van der Waals surface area contributed by atoms with Crippen LogP contribution in [0.2, 0.25) is 0 Å².